The Hall–Kier alpha value is -2.65. The third-order valence-electron chi connectivity index (χ3n) is 4.28. The van der Waals surface area contributed by atoms with E-state index in [0.29, 0.717) is 20.3 Å². The van der Waals surface area contributed by atoms with Gasteiger partial charge in [0, 0.05) is 0 Å². The zero-order valence-corrected chi connectivity index (χ0v) is 19.4. The van der Waals surface area contributed by atoms with Crippen LogP contribution >= 0.6 is 31.9 Å². The molecular weight excluding hydrogens is 520 g/mol. The number of benzene rings is 2. The number of methoxy groups -OCH3 is 1. The third-order valence-corrected chi connectivity index (χ3v) is 5.46. The first-order chi connectivity index (χ1) is 14.3. The number of hydrogen-bond donors (Lipinski definition) is 1. The number of rotatable bonds is 6. The van der Waals surface area contributed by atoms with Gasteiger partial charge in [-0.3, -0.25) is 9.69 Å². The molecule has 7 nitrogen and oxygen atoms in total. The predicted octanol–water partition coefficient (Wildman–Crippen LogP) is 4.16. The Morgan fingerprint density at radius 2 is 1.87 bits per heavy atom. The zero-order chi connectivity index (χ0) is 21.8. The average Bonchev–Trinajstić information content (AvgIpc) is 2.94. The Labute approximate surface area is 190 Å². The van der Waals surface area contributed by atoms with Gasteiger partial charge < -0.3 is 14.8 Å². The Morgan fingerprint density at radius 3 is 2.50 bits per heavy atom. The number of carbonyl (C=O) groups excluding carboxylic acids is 3. The minimum Gasteiger partial charge on any atom is -0.480 e. The standard InChI is InChI=1S/C21H18Br2N2O5/c1-12-4-3-5-13(6-12)10-25-20(27)17(24-21(25)28)9-14-7-15(22)19(16(23)8-14)30-11-18(26)29-2/h3-9H,10-11H2,1-2H3,(H,24,28)/b17-9+. The van der Waals surface area contributed by atoms with Crippen LogP contribution in [0.2, 0.25) is 0 Å². The fourth-order valence-electron chi connectivity index (χ4n) is 2.87. The molecule has 0 saturated carbocycles. The number of carbonyl (C=O) groups is 3. The van der Waals surface area contributed by atoms with Gasteiger partial charge in [0.05, 0.1) is 22.6 Å². The molecule has 2 aromatic carbocycles. The van der Waals surface area contributed by atoms with Crippen LogP contribution in [0.4, 0.5) is 4.79 Å². The van der Waals surface area contributed by atoms with E-state index < -0.39 is 17.9 Å². The normalized spacial score (nSPS) is 14.8. The van der Waals surface area contributed by atoms with E-state index in [0.717, 1.165) is 11.1 Å². The van der Waals surface area contributed by atoms with Gasteiger partial charge >= 0.3 is 12.0 Å². The van der Waals surface area contributed by atoms with E-state index in [1.54, 1.807) is 18.2 Å². The highest BCUT2D eigenvalue weighted by atomic mass is 79.9. The maximum atomic E-state index is 12.7. The van der Waals surface area contributed by atoms with Crippen LogP contribution in [0.15, 0.2) is 51.0 Å². The molecule has 1 saturated heterocycles. The van der Waals surface area contributed by atoms with Crippen LogP contribution in [0.25, 0.3) is 6.08 Å². The van der Waals surface area contributed by atoms with Crippen molar-refractivity contribution in [2.75, 3.05) is 13.7 Å². The lowest BCUT2D eigenvalue weighted by Gasteiger charge is -2.12. The van der Waals surface area contributed by atoms with E-state index >= 15 is 0 Å². The monoisotopic (exact) mass is 536 g/mol. The number of hydrogen-bond acceptors (Lipinski definition) is 5. The second-order valence-electron chi connectivity index (χ2n) is 6.55. The van der Waals surface area contributed by atoms with Crippen molar-refractivity contribution in [1.82, 2.24) is 10.2 Å². The summed E-state index contributed by atoms with van der Waals surface area (Å²) in [6, 6.07) is 10.6. The van der Waals surface area contributed by atoms with Gasteiger partial charge in [0.2, 0.25) is 0 Å². The molecule has 0 aliphatic carbocycles. The molecule has 0 unspecified atom stereocenters. The molecule has 2 aromatic rings. The van der Waals surface area contributed by atoms with Gasteiger partial charge in [-0.15, -0.1) is 0 Å². The van der Waals surface area contributed by atoms with E-state index in [1.165, 1.54) is 12.0 Å². The van der Waals surface area contributed by atoms with Gasteiger partial charge in [0.25, 0.3) is 5.91 Å². The molecule has 1 fully saturated rings. The van der Waals surface area contributed by atoms with Crippen molar-refractivity contribution in [3.8, 4) is 5.75 Å². The number of nitrogens with zero attached hydrogens (tertiary/aromatic N) is 1. The first-order valence-electron chi connectivity index (χ1n) is 8.87. The molecule has 0 spiro atoms. The largest absolute Gasteiger partial charge is 0.480 e. The van der Waals surface area contributed by atoms with Crippen LogP contribution in [0.3, 0.4) is 0 Å². The molecule has 156 valence electrons. The van der Waals surface area contributed by atoms with E-state index in [9.17, 15) is 14.4 Å². The highest BCUT2D eigenvalue weighted by molar-refractivity contribution is 9.11. The van der Waals surface area contributed by atoms with Crippen LogP contribution < -0.4 is 10.1 Å². The summed E-state index contributed by atoms with van der Waals surface area (Å²) in [6.07, 6.45) is 1.58. The molecule has 1 heterocycles. The molecule has 1 N–H and O–H groups in total. The lowest BCUT2D eigenvalue weighted by Crippen LogP contribution is -2.30. The minimum atomic E-state index is -0.507. The predicted molar refractivity (Wildman–Crippen MR) is 118 cm³/mol. The summed E-state index contributed by atoms with van der Waals surface area (Å²) < 4.78 is 11.1. The van der Waals surface area contributed by atoms with Gasteiger partial charge in [-0.2, -0.15) is 0 Å². The van der Waals surface area contributed by atoms with Gasteiger partial charge in [-0.1, -0.05) is 29.8 Å². The SMILES string of the molecule is COC(=O)COc1c(Br)cc(/C=C2/NC(=O)N(Cc3cccc(C)c3)C2=O)cc1Br. The lowest BCUT2D eigenvalue weighted by molar-refractivity contribution is -0.143. The summed E-state index contributed by atoms with van der Waals surface area (Å²) in [5.74, 6) is -0.488. The Morgan fingerprint density at radius 1 is 1.17 bits per heavy atom. The highest BCUT2D eigenvalue weighted by Crippen LogP contribution is 2.35. The summed E-state index contributed by atoms with van der Waals surface area (Å²) in [6.45, 7) is 1.91. The number of ether oxygens (including phenoxy) is 2. The van der Waals surface area contributed by atoms with Crippen LogP contribution in [0.1, 0.15) is 16.7 Å². The van der Waals surface area contributed by atoms with Gasteiger partial charge in [0.1, 0.15) is 11.4 Å². The average molecular weight is 538 g/mol. The summed E-state index contributed by atoms with van der Waals surface area (Å²) in [4.78, 5) is 37.5. The van der Waals surface area contributed by atoms with Crippen LogP contribution in [-0.2, 0) is 20.9 Å². The third kappa shape index (κ3) is 5.09. The number of aryl methyl sites for hydroxylation is 1. The second-order valence-corrected chi connectivity index (χ2v) is 8.26. The molecule has 1 aliphatic heterocycles. The number of halogens is 2. The Balaban J connectivity index is 1.79. The summed E-state index contributed by atoms with van der Waals surface area (Å²) in [7, 11) is 1.28. The smallest absolute Gasteiger partial charge is 0.343 e. The fourth-order valence-corrected chi connectivity index (χ4v) is 4.32. The molecule has 1 aliphatic rings. The molecule has 30 heavy (non-hydrogen) atoms. The molecule has 3 amide bonds. The van der Waals surface area contributed by atoms with E-state index in [1.807, 2.05) is 31.2 Å². The van der Waals surface area contributed by atoms with Crippen LogP contribution in [0, 0.1) is 6.92 Å². The lowest BCUT2D eigenvalue weighted by atomic mass is 10.1. The van der Waals surface area contributed by atoms with Gasteiger partial charge in [0.15, 0.2) is 6.61 Å². The van der Waals surface area contributed by atoms with Gasteiger partial charge in [-0.05, 0) is 68.1 Å². The van der Waals surface area contributed by atoms with Crippen molar-refractivity contribution in [2.24, 2.45) is 0 Å². The summed E-state index contributed by atoms with van der Waals surface area (Å²) >= 11 is 6.78. The van der Waals surface area contributed by atoms with Crippen molar-refractivity contribution >= 4 is 55.8 Å². The van der Waals surface area contributed by atoms with E-state index in [4.69, 9.17) is 4.74 Å². The second kappa shape index (κ2) is 9.44. The van der Waals surface area contributed by atoms with E-state index in [2.05, 4.69) is 41.9 Å². The molecule has 9 heteroatoms. The maximum absolute atomic E-state index is 12.7. The summed E-state index contributed by atoms with van der Waals surface area (Å²) in [5.41, 5.74) is 2.76. The molecule has 0 aromatic heterocycles. The van der Waals surface area contributed by atoms with Crippen molar-refractivity contribution < 1.29 is 23.9 Å². The van der Waals surface area contributed by atoms with Crippen LogP contribution in [0.5, 0.6) is 5.75 Å². The number of urea groups is 1. The van der Waals surface area contributed by atoms with Crippen LogP contribution in [-0.4, -0.2) is 36.5 Å². The van der Waals surface area contributed by atoms with Crippen molar-refractivity contribution in [3.63, 3.8) is 0 Å². The molecule has 0 radical (unpaired) electrons. The highest BCUT2D eigenvalue weighted by Gasteiger charge is 2.33. The maximum Gasteiger partial charge on any atom is 0.343 e. The molecular formula is C21H18Br2N2O5. The van der Waals surface area contributed by atoms with Crippen molar-refractivity contribution in [1.29, 1.82) is 0 Å². The fraction of sp³-hybridized carbons (Fsp3) is 0.190. The summed E-state index contributed by atoms with van der Waals surface area (Å²) in [5, 5.41) is 2.61. The first kappa shape index (κ1) is 22.0. The van der Waals surface area contributed by atoms with E-state index in [-0.39, 0.29) is 18.8 Å². The molecule has 0 atom stereocenters. The number of imide groups is 1. The van der Waals surface area contributed by atoms with Crippen molar-refractivity contribution in [3.05, 3.63) is 67.7 Å². The topological polar surface area (TPSA) is 84.9 Å². The Kier molecular flexibility index (Phi) is 6.94. The number of esters is 1. The minimum absolute atomic E-state index is 0.176. The Bertz CT molecular complexity index is 1030. The zero-order valence-electron chi connectivity index (χ0n) is 16.2. The molecule has 0 bridgehead atoms. The van der Waals surface area contributed by atoms with Gasteiger partial charge in [-0.25, -0.2) is 9.59 Å². The number of amides is 3. The molecule has 3 rings (SSSR count). The number of nitrogens with one attached hydrogen (secondary N) is 1. The first-order valence-corrected chi connectivity index (χ1v) is 10.5. The quantitative estimate of drug-likeness (QED) is 0.340. The van der Waals surface area contributed by atoms with Crippen molar-refractivity contribution in [2.45, 2.75) is 13.5 Å².